The molecule has 3 rings (SSSR count). The Morgan fingerprint density at radius 1 is 1.65 bits per heavy atom. The lowest BCUT2D eigenvalue weighted by Crippen LogP contribution is -2.70. The first-order valence-corrected chi connectivity index (χ1v) is 7.23. The number of ether oxygens (including phenoxy) is 1. The van der Waals surface area contributed by atoms with Gasteiger partial charge in [-0.2, -0.15) is 0 Å². The van der Waals surface area contributed by atoms with E-state index in [4.69, 9.17) is 9.84 Å². The molecule has 0 aliphatic carbocycles. The van der Waals surface area contributed by atoms with E-state index in [1.807, 2.05) is 0 Å². The average Bonchev–Trinajstić information content (AvgIpc) is 2.90. The maximum atomic E-state index is 12.2. The standard InChI is InChI=1S/C11H14N4O4S/c1-5-4-20-9-6(14-10-12-2-3-13-10)7(16)15(9)8(5)19-11(17)18/h6,9H,2-4H2,1H3,(H,17,18)(H2,12,13,14)/t6?,9-/m0/s1. The van der Waals surface area contributed by atoms with E-state index in [9.17, 15) is 9.59 Å². The quantitative estimate of drug-likeness (QED) is 0.477. The molecular formula is C11H14N4O4S. The molecule has 0 aromatic heterocycles. The first kappa shape index (κ1) is 13.1. The first-order chi connectivity index (χ1) is 9.58. The van der Waals surface area contributed by atoms with Crippen LogP contribution in [0.15, 0.2) is 16.4 Å². The molecule has 2 atom stereocenters. The molecule has 3 N–H and O–H groups in total. The fraction of sp³-hybridized carbons (Fsp3) is 0.545. The zero-order valence-electron chi connectivity index (χ0n) is 10.8. The van der Waals surface area contributed by atoms with Crippen molar-refractivity contribution in [3.8, 4) is 0 Å². The van der Waals surface area contributed by atoms with Crippen molar-refractivity contribution in [2.24, 2.45) is 4.99 Å². The van der Waals surface area contributed by atoms with E-state index in [0.717, 1.165) is 12.1 Å². The zero-order chi connectivity index (χ0) is 14.3. The van der Waals surface area contributed by atoms with Crippen molar-refractivity contribution in [2.75, 3.05) is 18.8 Å². The molecule has 1 amide bonds. The smallest absolute Gasteiger partial charge is 0.449 e. The number of carbonyl (C=O) groups is 2. The number of hydrogen-bond acceptors (Lipinski definition) is 7. The number of carboxylic acid groups (broad SMARTS) is 1. The molecule has 3 heterocycles. The highest BCUT2D eigenvalue weighted by atomic mass is 32.2. The molecule has 108 valence electrons. The van der Waals surface area contributed by atoms with Gasteiger partial charge in [-0.15, -0.1) is 11.8 Å². The Bertz CT molecular complexity index is 533. The van der Waals surface area contributed by atoms with Crippen LogP contribution < -0.4 is 10.6 Å². The molecule has 0 saturated carbocycles. The summed E-state index contributed by atoms with van der Waals surface area (Å²) in [6.07, 6.45) is -1.41. The molecule has 0 spiro atoms. The number of aliphatic imine (C=N–C) groups is 1. The Hall–Kier alpha value is -1.90. The number of β-lactam (4-membered cyclic amide) rings is 1. The normalized spacial score (nSPS) is 28.4. The SMILES string of the molecule is CC1=C(OC(=O)O)N2C(=O)C(NC3=NCCN3)[C@@H]2SC1. The molecule has 9 heteroatoms. The zero-order valence-corrected chi connectivity index (χ0v) is 11.6. The molecule has 0 radical (unpaired) electrons. The number of carbonyl (C=O) groups excluding carboxylic acids is 1. The lowest BCUT2D eigenvalue weighted by Gasteiger charge is -2.49. The van der Waals surface area contributed by atoms with Crippen LogP contribution in [-0.2, 0) is 9.53 Å². The van der Waals surface area contributed by atoms with Crippen molar-refractivity contribution in [3.05, 3.63) is 11.5 Å². The van der Waals surface area contributed by atoms with Gasteiger partial charge in [0.05, 0.1) is 6.54 Å². The summed E-state index contributed by atoms with van der Waals surface area (Å²) in [6, 6.07) is -0.398. The highest BCUT2D eigenvalue weighted by molar-refractivity contribution is 8.00. The number of amides is 1. The van der Waals surface area contributed by atoms with Gasteiger partial charge >= 0.3 is 6.16 Å². The Balaban J connectivity index is 1.74. The molecule has 0 aromatic rings. The Morgan fingerprint density at radius 2 is 2.45 bits per heavy atom. The van der Waals surface area contributed by atoms with Crippen LogP contribution in [0.5, 0.6) is 0 Å². The lowest BCUT2D eigenvalue weighted by atomic mass is 10.1. The predicted octanol–water partition coefficient (Wildman–Crippen LogP) is -0.255. The fourth-order valence-corrected chi connectivity index (χ4v) is 3.59. The van der Waals surface area contributed by atoms with E-state index < -0.39 is 12.2 Å². The summed E-state index contributed by atoms with van der Waals surface area (Å²) in [4.78, 5) is 28.5. The topological polar surface area (TPSA) is 103 Å². The van der Waals surface area contributed by atoms with Crippen LogP contribution >= 0.6 is 11.8 Å². The van der Waals surface area contributed by atoms with Crippen molar-refractivity contribution in [1.82, 2.24) is 15.5 Å². The van der Waals surface area contributed by atoms with Crippen molar-refractivity contribution in [1.29, 1.82) is 0 Å². The van der Waals surface area contributed by atoms with Gasteiger partial charge in [0, 0.05) is 12.3 Å². The molecule has 1 saturated heterocycles. The Labute approximate surface area is 119 Å². The van der Waals surface area contributed by atoms with Gasteiger partial charge in [0.2, 0.25) is 5.88 Å². The number of nitrogens with one attached hydrogen (secondary N) is 2. The first-order valence-electron chi connectivity index (χ1n) is 6.18. The van der Waals surface area contributed by atoms with Gasteiger partial charge in [0.15, 0.2) is 5.96 Å². The largest absolute Gasteiger partial charge is 0.512 e. The van der Waals surface area contributed by atoms with Crippen molar-refractivity contribution in [3.63, 3.8) is 0 Å². The molecule has 0 bridgehead atoms. The second kappa shape index (κ2) is 4.89. The van der Waals surface area contributed by atoms with Gasteiger partial charge < -0.3 is 20.5 Å². The molecule has 1 unspecified atom stereocenters. The van der Waals surface area contributed by atoms with Crippen molar-refractivity contribution in [2.45, 2.75) is 18.3 Å². The van der Waals surface area contributed by atoms with E-state index in [0.29, 0.717) is 18.3 Å². The summed E-state index contributed by atoms with van der Waals surface area (Å²) in [7, 11) is 0. The minimum atomic E-state index is -1.41. The summed E-state index contributed by atoms with van der Waals surface area (Å²) in [6.45, 7) is 3.21. The number of thioether (sulfide) groups is 1. The van der Waals surface area contributed by atoms with Crippen LogP contribution in [0.3, 0.4) is 0 Å². The van der Waals surface area contributed by atoms with Gasteiger partial charge in [-0.05, 0) is 12.5 Å². The summed E-state index contributed by atoms with van der Waals surface area (Å²) in [5, 5.41) is 14.7. The van der Waals surface area contributed by atoms with Crippen molar-refractivity contribution < 1.29 is 19.4 Å². The highest BCUT2D eigenvalue weighted by Gasteiger charge is 2.53. The van der Waals surface area contributed by atoms with Crippen LogP contribution in [0.4, 0.5) is 4.79 Å². The third-order valence-corrected chi connectivity index (χ3v) is 4.67. The summed E-state index contributed by atoms with van der Waals surface area (Å²) in [5.41, 5.74) is 0.747. The van der Waals surface area contributed by atoms with Gasteiger partial charge in [-0.1, -0.05) is 0 Å². The third-order valence-electron chi connectivity index (χ3n) is 3.25. The third kappa shape index (κ3) is 2.07. The minimum absolute atomic E-state index is 0.144. The van der Waals surface area contributed by atoms with Crippen LogP contribution in [0, 0.1) is 0 Å². The van der Waals surface area contributed by atoms with Crippen LogP contribution in [-0.4, -0.2) is 58.3 Å². The van der Waals surface area contributed by atoms with Gasteiger partial charge in [0.1, 0.15) is 11.4 Å². The summed E-state index contributed by atoms with van der Waals surface area (Å²) < 4.78 is 4.74. The van der Waals surface area contributed by atoms with E-state index in [-0.39, 0.29) is 17.2 Å². The summed E-state index contributed by atoms with van der Waals surface area (Å²) >= 11 is 1.58. The molecular weight excluding hydrogens is 284 g/mol. The minimum Gasteiger partial charge on any atom is -0.449 e. The molecule has 20 heavy (non-hydrogen) atoms. The molecule has 0 aromatic carbocycles. The second-order valence-corrected chi connectivity index (χ2v) is 5.75. The van der Waals surface area contributed by atoms with E-state index >= 15 is 0 Å². The highest BCUT2D eigenvalue weighted by Crippen LogP contribution is 2.40. The van der Waals surface area contributed by atoms with Gasteiger partial charge in [0.25, 0.3) is 5.91 Å². The van der Waals surface area contributed by atoms with E-state index in [2.05, 4.69) is 15.6 Å². The fourth-order valence-electron chi connectivity index (χ4n) is 2.32. The van der Waals surface area contributed by atoms with Crippen LogP contribution in [0.25, 0.3) is 0 Å². The molecule has 3 aliphatic heterocycles. The molecule has 1 fully saturated rings. The lowest BCUT2D eigenvalue weighted by molar-refractivity contribution is -0.145. The second-order valence-electron chi connectivity index (χ2n) is 4.64. The number of rotatable bonds is 2. The maximum Gasteiger partial charge on any atom is 0.512 e. The molecule has 8 nitrogen and oxygen atoms in total. The number of hydrogen-bond donors (Lipinski definition) is 3. The van der Waals surface area contributed by atoms with Crippen molar-refractivity contribution >= 4 is 29.8 Å². The van der Waals surface area contributed by atoms with Crippen LogP contribution in [0.2, 0.25) is 0 Å². The van der Waals surface area contributed by atoms with Crippen LogP contribution in [0.1, 0.15) is 6.92 Å². The Morgan fingerprint density at radius 3 is 3.10 bits per heavy atom. The van der Waals surface area contributed by atoms with Gasteiger partial charge in [-0.3, -0.25) is 14.7 Å². The molecule has 3 aliphatic rings. The van der Waals surface area contributed by atoms with E-state index in [1.54, 1.807) is 18.7 Å². The van der Waals surface area contributed by atoms with Gasteiger partial charge in [-0.25, -0.2) is 4.79 Å². The number of guanidine groups is 1. The summed E-state index contributed by atoms with van der Waals surface area (Å²) in [5.74, 6) is 1.20. The maximum absolute atomic E-state index is 12.2. The monoisotopic (exact) mass is 298 g/mol. The number of fused-ring (bicyclic) bond motifs is 1. The average molecular weight is 298 g/mol. The Kier molecular flexibility index (Phi) is 3.20. The van der Waals surface area contributed by atoms with E-state index in [1.165, 1.54) is 4.90 Å². The predicted molar refractivity (Wildman–Crippen MR) is 72.1 cm³/mol. The number of nitrogens with zero attached hydrogens (tertiary/aromatic N) is 2.